The van der Waals surface area contributed by atoms with Crippen molar-refractivity contribution < 1.29 is 19.8 Å². The average Bonchev–Trinajstić information content (AvgIpc) is 2.52. The average molecular weight is 377 g/mol. The van der Waals surface area contributed by atoms with E-state index in [9.17, 15) is 19.8 Å². The lowest BCUT2D eigenvalue weighted by atomic mass is 9.87. The number of rotatable bonds is 5. The van der Waals surface area contributed by atoms with Crippen molar-refractivity contribution >= 4 is 27.9 Å². The van der Waals surface area contributed by atoms with Crippen LogP contribution in [0.5, 0.6) is 0 Å². The summed E-state index contributed by atoms with van der Waals surface area (Å²) < 4.78 is 0. The Morgan fingerprint density at radius 1 is 1.09 bits per heavy atom. The second-order valence-electron chi connectivity index (χ2n) is 5.22. The number of halogens is 1. The van der Waals surface area contributed by atoms with E-state index in [1.54, 1.807) is 13.0 Å². The Bertz CT molecular complexity index is 781. The van der Waals surface area contributed by atoms with Gasteiger partial charge >= 0.3 is 11.9 Å². The van der Waals surface area contributed by atoms with E-state index in [1.807, 2.05) is 19.1 Å². The smallest absolute Gasteiger partial charge is 0.336 e. The maximum atomic E-state index is 11.7. The van der Waals surface area contributed by atoms with Crippen molar-refractivity contribution in [2.45, 2.75) is 25.6 Å². The molecule has 0 heterocycles. The molecule has 0 aliphatic carbocycles. The fourth-order valence-corrected chi connectivity index (χ4v) is 3.46. The van der Waals surface area contributed by atoms with Gasteiger partial charge in [0.1, 0.15) is 0 Å². The predicted octanol–water partition coefficient (Wildman–Crippen LogP) is 4.52. The maximum absolute atomic E-state index is 11.7. The number of aryl methyl sites for hydroxylation is 2. The third kappa shape index (κ3) is 3.15. The molecule has 0 aliphatic heterocycles. The summed E-state index contributed by atoms with van der Waals surface area (Å²) >= 11 is 3.44. The summed E-state index contributed by atoms with van der Waals surface area (Å²) in [6, 6.07) is 8.59. The summed E-state index contributed by atoms with van der Waals surface area (Å²) in [7, 11) is 0. The van der Waals surface area contributed by atoms with Crippen LogP contribution in [0.1, 0.15) is 44.3 Å². The molecule has 0 aliphatic rings. The summed E-state index contributed by atoms with van der Waals surface area (Å²) in [5, 5.41) is 19.6. The molecule has 2 rings (SSSR count). The van der Waals surface area contributed by atoms with Crippen LogP contribution >= 0.6 is 15.9 Å². The van der Waals surface area contributed by atoms with Gasteiger partial charge in [0.25, 0.3) is 0 Å². The summed E-state index contributed by atoms with van der Waals surface area (Å²) in [6.45, 7) is 3.69. The summed E-state index contributed by atoms with van der Waals surface area (Å²) in [6.07, 6.45) is 0.783. The van der Waals surface area contributed by atoms with E-state index in [4.69, 9.17) is 0 Å². The molecule has 23 heavy (non-hydrogen) atoms. The largest absolute Gasteiger partial charge is 0.478 e. The minimum absolute atomic E-state index is 0.00320. The Labute approximate surface area is 142 Å². The molecule has 0 atom stereocenters. The number of aromatic carboxylic acids is 2. The fraction of sp³-hybridized carbons (Fsp3) is 0.222. The Morgan fingerprint density at radius 3 is 2.30 bits per heavy atom. The van der Waals surface area contributed by atoms with Crippen LogP contribution in [-0.4, -0.2) is 22.2 Å². The van der Waals surface area contributed by atoms with Crippen LogP contribution in [0.2, 0.25) is 0 Å². The third-order valence-corrected chi connectivity index (χ3v) is 4.48. The standard InChI is InChI=1S/C18H17BrO4/c1-3-11-5-4-6-12(14(11)9-19)16-13(17(20)21)8-7-10(2)15(16)18(22)23/h4-8H,3,9H2,1-2H3,(H,20,21)(H,22,23). The van der Waals surface area contributed by atoms with Crippen molar-refractivity contribution in [2.75, 3.05) is 0 Å². The van der Waals surface area contributed by atoms with Gasteiger partial charge in [0.05, 0.1) is 11.1 Å². The van der Waals surface area contributed by atoms with Gasteiger partial charge in [0.2, 0.25) is 0 Å². The predicted molar refractivity (Wildman–Crippen MR) is 92.5 cm³/mol. The van der Waals surface area contributed by atoms with E-state index in [0.717, 1.165) is 17.5 Å². The van der Waals surface area contributed by atoms with Crippen molar-refractivity contribution in [2.24, 2.45) is 0 Å². The molecular weight excluding hydrogens is 360 g/mol. The molecule has 0 unspecified atom stereocenters. The number of alkyl halides is 1. The number of benzene rings is 2. The van der Waals surface area contributed by atoms with E-state index in [0.29, 0.717) is 16.5 Å². The van der Waals surface area contributed by atoms with Crippen LogP contribution in [0.25, 0.3) is 11.1 Å². The number of carboxylic acid groups (broad SMARTS) is 2. The molecule has 2 aromatic rings. The molecule has 0 radical (unpaired) electrons. The minimum Gasteiger partial charge on any atom is -0.478 e. The molecule has 4 nitrogen and oxygen atoms in total. The molecule has 0 aromatic heterocycles. The highest BCUT2D eigenvalue weighted by molar-refractivity contribution is 9.08. The minimum atomic E-state index is -1.13. The van der Waals surface area contributed by atoms with Gasteiger partial charge in [-0.1, -0.05) is 47.1 Å². The highest BCUT2D eigenvalue weighted by Crippen LogP contribution is 2.35. The number of carboxylic acids is 2. The van der Waals surface area contributed by atoms with E-state index in [-0.39, 0.29) is 16.7 Å². The normalized spacial score (nSPS) is 10.6. The van der Waals surface area contributed by atoms with Gasteiger partial charge in [-0.05, 0) is 41.7 Å². The maximum Gasteiger partial charge on any atom is 0.336 e. The van der Waals surface area contributed by atoms with Crippen LogP contribution in [0.4, 0.5) is 0 Å². The Kier molecular flexibility index (Phi) is 5.21. The van der Waals surface area contributed by atoms with Crippen molar-refractivity contribution in [1.82, 2.24) is 0 Å². The van der Waals surface area contributed by atoms with E-state index < -0.39 is 11.9 Å². The van der Waals surface area contributed by atoms with Crippen LogP contribution in [0.15, 0.2) is 30.3 Å². The Hall–Kier alpha value is -2.14. The Morgan fingerprint density at radius 2 is 1.78 bits per heavy atom. The molecule has 0 bridgehead atoms. The summed E-state index contributed by atoms with van der Waals surface area (Å²) in [5.74, 6) is -2.26. The zero-order chi connectivity index (χ0) is 17.1. The SMILES string of the molecule is CCc1cccc(-c2c(C(=O)O)ccc(C)c2C(=O)O)c1CBr. The molecule has 0 saturated heterocycles. The first-order chi connectivity index (χ1) is 10.9. The zero-order valence-corrected chi connectivity index (χ0v) is 14.5. The second-order valence-corrected chi connectivity index (χ2v) is 5.78. The van der Waals surface area contributed by atoms with E-state index in [2.05, 4.69) is 15.9 Å². The highest BCUT2D eigenvalue weighted by atomic mass is 79.9. The molecule has 2 aromatic carbocycles. The number of hydrogen-bond donors (Lipinski definition) is 2. The van der Waals surface area contributed by atoms with Gasteiger partial charge in [-0.3, -0.25) is 0 Å². The van der Waals surface area contributed by atoms with Crippen LogP contribution < -0.4 is 0 Å². The zero-order valence-electron chi connectivity index (χ0n) is 12.9. The first-order valence-electron chi connectivity index (χ1n) is 7.19. The van der Waals surface area contributed by atoms with Gasteiger partial charge in [-0.15, -0.1) is 0 Å². The van der Waals surface area contributed by atoms with Gasteiger partial charge in [0, 0.05) is 10.9 Å². The molecule has 0 saturated carbocycles. The van der Waals surface area contributed by atoms with Crippen molar-refractivity contribution in [3.05, 3.63) is 58.1 Å². The number of hydrogen-bond acceptors (Lipinski definition) is 2. The van der Waals surface area contributed by atoms with Crippen molar-refractivity contribution in [1.29, 1.82) is 0 Å². The molecule has 2 N–H and O–H groups in total. The monoisotopic (exact) mass is 376 g/mol. The van der Waals surface area contributed by atoms with Gasteiger partial charge < -0.3 is 10.2 Å². The molecule has 0 spiro atoms. The number of carbonyl (C=O) groups is 2. The third-order valence-electron chi connectivity index (χ3n) is 3.91. The van der Waals surface area contributed by atoms with Crippen LogP contribution in [0, 0.1) is 6.92 Å². The first kappa shape index (κ1) is 17.2. The fourth-order valence-electron chi connectivity index (χ4n) is 2.80. The summed E-state index contributed by atoms with van der Waals surface area (Å²) in [4.78, 5) is 23.4. The lowest BCUT2D eigenvalue weighted by molar-refractivity contribution is 0.0695. The highest BCUT2D eigenvalue weighted by Gasteiger charge is 2.24. The molecular formula is C18H17BrO4. The molecule has 5 heteroatoms. The molecule has 120 valence electrons. The van der Waals surface area contributed by atoms with Crippen LogP contribution in [0.3, 0.4) is 0 Å². The van der Waals surface area contributed by atoms with E-state index in [1.165, 1.54) is 12.1 Å². The Balaban J connectivity index is 2.95. The molecule has 0 amide bonds. The van der Waals surface area contributed by atoms with Gasteiger partial charge in [-0.25, -0.2) is 9.59 Å². The molecule has 0 fully saturated rings. The second kappa shape index (κ2) is 6.96. The van der Waals surface area contributed by atoms with Gasteiger partial charge in [0.15, 0.2) is 0 Å². The topological polar surface area (TPSA) is 74.6 Å². The first-order valence-corrected chi connectivity index (χ1v) is 8.31. The van der Waals surface area contributed by atoms with Crippen molar-refractivity contribution in [3.8, 4) is 11.1 Å². The lowest BCUT2D eigenvalue weighted by Gasteiger charge is -2.17. The summed E-state index contributed by atoms with van der Waals surface area (Å²) in [5.41, 5.74) is 3.50. The lowest BCUT2D eigenvalue weighted by Crippen LogP contribution is -2.10. The van der Waals surface area contributed by atoms with Crippen LogP contribution in [-0.2, 0) is 11.8 Å². The van der Waals surface area contributed by atoms with Gasteiger partial charge in [-0.2, -0.15) is 0 Å². The van der Waals surface area contributed by atoms with Crippen molar-refractivity contribution in [3.63, 3.8) is 0 Å². The quantitative estimate of drug-likeness (QED) is 0.752. The van der Waals surface area contributed by atoms with E-state index >= 15 is 0 Å².